The molecule has 0 aliphatic carbocycles. The number of morpholine rings is 1. The van der Waals surface area contributed by atoms with E-state index in [9.17, 15) is 0 Å². The van der Waals surface area contributed by atoms with Crippen LogP contribution in [0.5, 0.6) is 0 Å². The van der Waals surface area contributed by atoms with Crippen LogP contribution in [0, 0.1) is 6.92 Å². The lowest BCUT2D eigenvalue weighted by Gasteiger charge is -2.35. The van der Waals surface area contributed by atoms with Crippen molar-refractivity contribution in [2.75, 3.05) is 31.6 Å². The molecule has 2 atom stereocenters. The number of nitrogens with zero attached hydrogens (tertiary/aromatic N) is 5. The number of aromatic nitrogens is 4. The Balaban J connectivity index is 1.55. The molecule has 0 radical (unpaired) electrons. The van der Waals surface area contributed by atoms with Crippen LogP contribution in [0.15, 0.2) is 22.7 Å². The van der Waals surface area contributed by atoms with E-state index in [0.717, 1.165) is 18.9 Å². The molecule has 2 aromatic rings. The van der Waals surface area contributed by atoms with Gasteiger partial charge in [-0.2, -0.15) is 5.10 Å². The first-order valence-electron chi connectivity index (χ1n) is 7.39. The number of anilines is 1. The maximum atomic E-state index is 5.80. The van der Waals surface area contributed by atoms with Gasteiger partial charge in [-0.1, -0.05) is 0 Å². The van der Waals surface area contributed by atoms with Gasteiger partial charge in [0.05, 0.1) is 18.8 Å². The van der Waals surface area contributed by atoms with Gasteiger partial charge in [0.2, 0.25) is 11.8 Å². The molecule has 118 valence electrons. The van der Waals surface area contributed by atoms with Crippen LogP contribution in [-0.2, 0) is 4.74 Å². The lowest BCUT2D eigenvalue weighted by molar-refractivity contribution is -0.0381. The van der Waals surface area contributed by atoms with Gasteiger partial charge in [0.15, 0.2) is 0 Å². The fraction of sp³-hybridized carbons (Fsp3) is 0.571. The van der Waals surface area contributed by atoms with Gasteiger partial charge in [0.25, 0.3) is 0 Å². The van der Waals surface area contributed by atoms with Gasteiger partial charge in [-0.25, -0.2) is 0 Å². The van der Waals surface area contributed by atoms with E-state index in [0.29, 0.717) is 24.9 Å². The van der Waals surface area contributed by atoms with E-state index in [1.165, 1.54) is 0 Å². The highest BCUT2D eigenvalue weighted by Gasteiger charge is 2.27. The molecule has 2 aromatic heterocycles. The molecule has 3 rings (SSSR count). The topological polar surface area (TPSA) is 89.2 Å². The van der Waals surface area contributed by atoms with Crippen molar-refractivity contribution in [3.8, 4) is 0 Å². The van der Waals surface area contributed by atoms with Crippen LogP contribution in [0.25, 0.3) is 0 Å². The summed E-state index contributed by atoms with van der Waals surface area (Å²) in [5.41, 5.74) is 0. The van der Waals surface area contributed by atoms with Crippen molar-refractivity contribution in [3.05, 3.63) is 30.1 Å². The van der Waals surface area contributed by atoms with Crippen molar-refractivity contribution >= 4 is 5.82 Å². The molecule has 1 fully saturated rings. The van der Waals surface area contributed by atoms with Gasteiger partial charge in [-0.05, 0) is 19.1 Å². The maximum absolute atomic E-state index is 5.80. The van der Waals surface area contributed by atoms with E-state index >= 15 is 0 Å². The molecule has 0 saturated carbocycles. The molecule has 1 aliphatic rings. The largest absolute Gasteiger partial charge is 0.424 e. The molecule has 1 N–H and O–H groups in total. The van der Waals surface area contributed by atoms with Crippen LogP contribution in [-0.4, -0.2) is 57.6 Å². The second kappa shape index (κ2) is 6.80. The summed E-state index contributed by atoms with van der Waals surface area (Å²) in [6.07, 6.45) is 1.74. The Labute approximate surface area is 128 Å². The molecule has 8 heteroatoms. The van der Waals surface area contributed by atoms with E-state index < -0.39 is 0 Å². The highest BCUT2D eigenvalue weighted by Crippen LogP contribution is 2.21. The van der Waals surface area contributed by atoms with E-state index in [1.54, 1.807) is 13.1 Å². The third-order valence-corrected chi connectivity index (χ3v) is 3.70. The summed E-state index contributed by atoms with van der Waals surface area (Å²) in [5, 5.41) is 19.1. The molecule has 0 unspecified atom stereocenters. The molecule has 1 saturated heterocycles. The normalized spacial score (nSPS) is 20.7. The van der Waals surface area contributed by atoms with Crippen molar-refractivity contribution in [1.29, 1.82) is 0 Å². The third-order valence-electron chi connectivity index (χ3n) is 3.70. The third kappa shape index (κ3) is 3.58. The molecule has 0 bridgehead atoms. The standard InChI is InChI=1S/C14H20N6O2/c1-10(14-19-17-11(2)22-14)20-6-7-21-12(9-20)8-15-13-4-3-5-16-18-13/h3-5,10,12H,6-9H2,1-2H3,(H,15,18)/t10-,12+/m1/s1. The van der Waals surface area contributed by atoms with Crippen LogP contribution in [0.1, 0.15) is 24.7 Å². The lowest BCUT2D eigenvalue weighted by atomic mass is 10.2. The quantitative estimate of drug-likeness (QED) is 0.876. The fourth-order valence-electron chi connectivity index (χ4n) is 2.47. The predicted molar refractivity (Wildman–Crippen MR) is 79.3 cm³/mol. The zero-order valence-electron chi connectivity index (χ0n) is 12.8. The summed E-state index contributed by atoms with van der Waals surface area (Å²) in [5.74, 6) is 2.00. The Morgan fingerprint density at radius 2 is 2.32 bits per heavy atom. The van der Waals surface area contributed by atoms with Gasteiger partial charge in [-0.15, -0.1) is 15.3 Å². The molecule has 0 spiro atoms. The summed E-state index contributed by atoms with van der Waals surface area (Å²) in [6, 6.07) is 3.82. The van der Waals surface area contributed by atoms with Gasteiger partial charge in [0.1, 0.15) is 5.82 Å². The fourth-order valence-corrected chi connectivity index (χ4v) is 2.47. The average molecular weight is 304 g/mol. The van der Waals surface area contributed by atoms with Crippen LogP contribution >= 0.6 is 0 Å². The minimum absolute atomic E-state index is 0.0854. The maximum Gasteiger partial charge on any atom is 0.233 e. The minimum Gasteiger partial charge on any atom is -0.424 e. The second-order valence-electron chi connectivity index (χ2n) is 5.31. The number of hydrogen-bond donors (Lipinski definition) is 1. The highest BCUT2D eigenvalue weighted by atomic mass is 16.5. The molecular formula is C14H20N6O2. The number of aryl methyl sites for hydroxylation is 1. The highest BCUT2D eigenvalue weighted by molar-refractivity contribution is 5.31. The van der Waals surface area contributed by atoms with Crippen molar-refractivity contribution < 1.29 is 9.15 Å². The summed E-state index contributed by atoms with van der Waals surface area (Å²) in [7, 11) is 0. The number of nitrogens with one attached hydrogen (secondary N) is 1. The first-order chi connectivity index (χ1) is 10.7. The van der Waals surface area contributed by atoms with Crippen molar-refractivity contribution in [2.45, 2.75) is 26.0 Å². The summed E-state index contributed by atoms with van der Waals surface area (Å²) in [4.78, 5) is 2.29. The van der Waals surface area contributed by atoms with E-state index in [2.05, 4.69) is 37.5 Å². The van der Waals surface area contributed by atoms with E-state index in [1.807, 2.05) is 12.1 Å². The van der Waals surface area contributed by atoms with Crippen LogP contribution < -0.4 is 5.32 Å². The molecular weight excluding hydrogens is 284 g/mol. The molecule has 3 heterocycles. The van der Waals surface area contributed by atoms with Gasteiger partial charge >= 0.3 is 0 Å². The molecule has 0 aromatic carbocycles. The van der Waals surface area contributed by atoms with Crippen LogP contribution in [0.3, 0.4) is 0 Å². The Morgan fingerprint density at radius 3 is 3.05 bits per heavy atom. The lowest BCUT2D eigenvalue weighted by Crippen LogP contribution is -2.46. The van der Waals surface area contributed by atoms with Crippen molar-refractivity contribution in [3.63, 3.8) is 0 Å². The van der Waals surface area contributed by atoms with Crippen molar-refractivity contribution in [1.82, 2.24) is 25.3 Å². The first-order valence-corrected chi connectivity index (χ1v) is 7.39. The van der Waals surface area contributed by atoms with Gasteiger partial charge < -0.3 is 14.5 Å². The van der Waals surface area contributed by atoms with Gasteiger partial charge in [-0.3, -0.25) is 4.90 Å². The van der Waals surface area contributed by atoms with Crippen LogP contribution in [0.2, 0.25) is 0 Å². The molecule has 0 amide bonds. The number of hydrogen-bond acceptors (Lipinski definition) is 8. The Hall–Kier alpha value is -2.06. The Bertz CT molecular complexity index is 590. The van der Waals surface area contributed by atoms with E-state index in [4.69, 9.17) is 9.15 Å². The molecule has 1 aliphatic heterocycles. The Morgan fingerprint density at radius 1 is 1.41 bits per heavy atom. The summed E-state index contributed by atoms with van der Waals surface area (Å²) < 4.78 is 11.3. The smallest absolute Gasteiger partial charge is 0.233 e. The zero-order chi connectivity index (χ0) is 15.4. The molecule has 22 heavy (non-hydrogen) atoms. The first kappa shape index (κ1) is 14.9. The van der Waals surface area contributed by atoms with E-state index in [-0.39, 0.29) is 12.1 Å². The molecule has 8 nitrogen and oxygen atoms in total. The summed E-state index contributed by atoms with van der Waals surface area (Å²) >= 11 is 0. The second-order valence-corrected chi connectivity index (χ2v) is 5.31. The minimum atomic E-state index is 0.0854. The zero-order valence-corrected chi connectivity index (χ0v) is 12.8. The summed E-state index contributed by atoms with van der Waals surface area (Å²) in [6.45, 7) is 6.90. The average Bonchev–Trinajstić information content (AvgIpc) is 3.00. The van der Waals surface area contributed by atoms with Crippen LogP contribution in [0.4, 0.5) is 5.82 Å². The predicted octanol–water partition coefficient (Wildman–Crippen LogP) is 1.04. The number of rotatable bonds is 5. The van der Waals surface area contributed by atoms with Crippen molar-refractivity contribution in [2.24, 2.45) is 0 Å². The monoisotopic (exact) mass is 304 g/mol. The Kier molecular flexibility index (Phi) is 4.59. The van der Waals surface area contributed by atoms with Gasteiger partial charge in [0, 0.05) is 32.8 Å². The SMILES string of the molecule is Cc1nnc([C@@H](C)N2CCO[C@@H](CNc3cccnn3)C2)o1. The number of ether oxygens (including phenoxy) is 1.